The van der Waals surface area contributed by atoms with E-state index in [2.05, 4.69) is 48.7 Å². The smallest absolute Gasteiger partial charge is 0.0337 e. The van der Waals surface area contributed by atoms with Crippen LogP contribution in [0.3, 0.4) is 0 Å². The lowest BCUT2D eigenvalue weighted by molar-refractivity contribution is 0.317. The van der Waals surface area contributed by atoms with Crippen LogP contribution in [0.15, 0.2) is 24.3 Å². The van der Waals surface area contributed by atoms with Crippen LogP contribution < -0.4 is 10.6 Å². The van der Waals surface area contributed by atoms with Gasteiger partial charge in [0.25, 0.3) is 0 Å². The molecule has 1 unspecified atom stereocenters. The van der Waals surface area contributed by atoms with Crippen LogP contribution in [0.4, 0.5) is 5.69 Å². The topological polar surface area (TPSA) is 24.1 Å². The predicted octanol–water partition coefficient (Wildman–Crippen LogP) is 2.97. The van der Waals surface area contributed by atoms with Crippen molar-refractivity contribution < 1.29 is 0 Å². The van der Waals surface area contributed by atoms with Crippen molar-refractivity contribution in [2.24, 2.45) is 0 Å². The number of piperidine rings is 1. The summed E-state index contributed by atoms with van der Waals surface area (Å²) in [5.41, 5.74) is 2.68. The third kappa shape index (κ3) is 2.56. The van der Waals surface area contributed by atoms with Crippen LogP contribution in [-0.4, -0.2) is 19.1 Å². The summed E-state index contributed by atoms with van der Waals surface area (Å²) in [5, 5.41) is 6.75. The minimum absolute atomic E-state index is 0.637. The quantitative estimate of drug-likeness (QED) is 0.797. The third-order valence-electron chi connectivity index (χ3n) is 3.52. The van der Waals surface area contributed by atoms with Gasteiger partial charge in [-0.25, -0.2) is 0 Å². The molecule has 1 aliphatic heterocycles. The van der Waals surface area contributed by atoms with Crippen LogP contribution in [0, 0.1) is 0 Å². The summed E-state index contributed by atoms with van der Waals surface area (Å²) in [7, 11) is 1.96. The number of benzene rings is 1. The van der Waals surface area contributed by atoms with E-state index in [4.69, 9.17) is 0 Å². The molecule has 0 saturated carbocycles. The molecule has 0 aromatic heterocycles. The van der Waals surface area contributed by atoms with Crippen molar-refractivity contribution in [3.05, 3.63) is 29.8 Å². The fourth-order valence-electron chi connectivity index (χ4n) is 2.77. The Morgan fingerprint density at radius 3 is 2.12 bits per heavy atom. The summed E-state index contributed by atoms with van der Waals surface area (Å²) in [6.45, 7) is 4.56. The van der Waals surface area contributed by atoms with E-state index < -0.39 is 0 Å². The van der Waals surface area contributed by atoms with E-state index in [0.717, 1.165) is 5.92 Å². The van der Waals surface area contributed by atoms with Gasteiger partial charge in [0.2, 0.25) is 0 Å². The molecule has 1 aliphatic rings. The number of hydrogen-bond acceptors (Lipinski definition) is 2. The fourth-order valence-corrected chi connectivity index (χ4v) is 2.77. The molecule has 0 spiro atoms. The van der Waals surface area contributed by atoms with Gasteiger partial charge in [0.1, 0.15) is 0 Å². The SMILES string of the molecule is CNc1ccc(C2C[C@@H](C)N[C@@H](C)C2)cc1. The third-order valence-corrected chi connectivity index (χ3v) is 3.52. The van der Waals surface area contributed by atoms with Gasteiger partial charge >= 0.3 is 0 Å². The fraction of sp³-hybridized carbons (Fsp3) is 0.571. The van der Waals surface area contributed by atoms with E-state index in [9.17, 15) is 0 Å². The minimum Gasteiger partial charge on any atom is -0.388 e. The molecule has 1 heterocycles. The highest BCUT2D eigenvalue weighted by Gasteiger charge is 2.24. The normalized spacial score (nSPS) is 30.1. The molecular formula is C14H22N2. The van der Waals surface area contributed by atoms with Gasteiger partial charge in [0.15, 0.2) is 0 Å². The van der Waals surface area contributed by atoms with Gasteiger partial charge in [0.05, 0.1) is 0 Å². The first-order valence-corrected chi connectivity index (χ1v) is 6.23. The Bertz CT molecular complexity index is 321. The van der Waals surface area contributed by atoms with Crippen LogP contribution in [0.1, 0.15) is 38.2 Å². The number of anilines is 1. The molecular weight excluding hydrogens is 196 g/mol. The van der Waals surface area contributed by atoms with Crippen LogP contribution in [0.25, 0.3) is 0 Å². The number of hydrogen-bond donors (Lipinski definition) is 2. The van der Waals surface area contributed by atoms with E-state index >= 15 is 0 Å². The second-order valence-electron chi connectivity index (χ2n) is 5.01. The van der Waals surface area contributed by atoms with Gasteiger partial charge in [0, 0.05) is 24.8 Å². The highest BCUT2D eigenvalue weighted by atomic mass is 14.9. The van der Waals surface area contributed by atoms with Crippen molar-refractivity contribution in [3.63, 3.8) is 0 Å². The van der Waals surface area contributed by atoms with Gasteiger partial charge in [-0.2, -0.15) is 0 Å². The molecule has 3 atom stereocenters. The maximum Gasteiger partial charge on any atom is 0.0337 e. The molecule has 0 bridgehead atoms. The molecule has 2 nitrogen and oxygen atoms in total. The molecule has 2 heteroatoms. The summed E-state index contributed by atoms with van der Waals surface area (Å²) >= 11 is 0. The predicted molar refractivity (Wildman–Crippen MR) is 70.0 cm³/mol. The van der Waals surface area contributed by atoms with Gasteiger partial charge in [-0.3, -0.25) is 0 Å². The van der Waals surface area contributed by atoms with Crippen molar-refractivity contribution in [1.29, 1.82) is 0 Å². The van der Waals surface area contributed by atoms with E-state index in [1.165, 1.54) is 24.1 Å². The average molecular weight is 218 g/mol. The van der Waals surface area contributed by atoms with Crippen LogP contribution in [-0.2, 0) is 0 Å². The first-order chi connectivity index (χ1) is 7.69. The maximum absolute atomic E-state index is 3.59. The Morgan fingerprint density at radius 2 is 1.62 bits per heavy atom. The summed E-state index contributed by atoms with van der Waals surface area (Å²) in [4.78, 5) is 0. The Hall–Kier alpha value is -1.02. The summed E-state index contributed by atoms with van der Waals surface area (Å²) in [6.07, 6.45) is 2.51. The molecule has 0 radical (unpaired) electrons. The second kappa shape index (κ2) is 4.88. The lowest BCUT2D eigenvalue weighted by Crippen LogP contribution is -2.41. The first kappa shape index (κ1) is 11.5. The molecule has 1 saturated heterocycles. The number of rotatable bonds is 2. The molecule has 1 fully saturated rings. The summed E-state index contributed by atoms with van der Waals surface area (Å²) < 4.78 is 0. The van der Waals surface area contributed by atoms with Crippen molar-refractivity contribution in [1.82, 2.24) is 5.32 Å². The van der Waals surface area contributed by atoms with Crippen LogP contribution >= 0.6 is 0 Å². The molecule has 0 amide bonds. The lowest BCUT2D eigenvalue weighted by atomic mass is 9.84. The zero-order chi connectivity index (χ0) is 11.5. The average Bonchev–Trinajstić information content (AvgIpc) is 2.28. The Kier molecular flexibility index (Phi) is 3.49. The van der Waals surface area contributed by atoms with Gasteiger partial charge < -0.3 is 10.6 Å². The zero-order valence-electron chi connectivity index (χ0n) is 10.5. The van der Waals surface area contributed by atoms with Crippen molar-refractivity contribution in [2.45, 2.75) is 44.7 Å². The Morgan fingerprint density at radius 1 is 1.06 bits per heavy atom. The standard InChI is InChI=1S/C14H22N2/c1-10-8-13(9-11(2)16-10)12-4-6-14(15-3)7-5-12/h4-7,10-11,13,15-16H,8-9H2,1-3H3/t10-,11+,13?. The maximum atomic E-state index is 3.59. The van der Waals surface area contributed by atoms with Crippen molar-refractivity contribution in [3.8, 4) is 0 Å². The van der Waals surface area contributed by atoms with Crippen molar-refractivity contribution in [2.75, 3.05) is 12.4 Å². The summed E-state index contributed by atoms with van der Waals surface area (Å²) in [6, 6.07) is 10.2. The minimum atomic E-state index is 0.637. The highest BCUT2D eigenvalue weighted by molar-refractivity contribution is 5.44. The van der Waals surface area contributed by atoms with E-state index in [-0.39, 0.29) is 0 Å². The molecule has 1 aromatic carbocycles. The molecule has 88 valence electrons. The highest BCUT2D eigenvalue weighted by Crippen LogP contribution is 2.30. The second-order valence-corrected chi connectivity index (χ2v) is 5.01. The van der Waals surface area contributed by atoms with E-state index in [1.807, 2.05) is 7.05 Å². The molecule has 2 N–H and O–H groups in total. The largest absolute Gasteiger partial charge is 0.388 e. The van der Waals surface area contributed by atoms with Crippen LogP contribution in [0.2, 0.25) is 0 Å². The monoisotopic (exact) mass is 218 g/mol. The Labute approximate surface area is 98.4 Å². The van der Waals surface area contributed by atoms with Crippen molar-refractivity contribution >= 4 is 5.69 Å². The molecule has 2 rings (SSSR count). The zero-order valence-corrected chi connectivity index (χ0v) is 10.5. The number of nitrogens with one attached hydrogen (secondary N) is 2. The van der Waals surface area contributed by atoms with E-state index in [1.54, 1.807) is 0 Å². The Balaban J connectivity index is 2.10. The van der Waals surface area contributed by atoms with E-state index in [0.29, 0.717) is 12.1 Å². The molecule has 1 aromatic rings. The van der Waals surface area contributed by atoms with Crippen LogP contribution in [0.5, 0.6) is 0 Å². The van der Waals surface area contributed by atoms with Gasteiger partial charge in [-0.15, -0.1) is 0 Å². The van der Waals surface area contributed by atoms with Gasteiger partial charge in [-0.1, -0.05) is 12.1 Å². The molecule has 16 heavy (non-hydrogen) atoms. The summed E-state index contributed by atoms with van der Waals surface area (Å²) in [5.74, 6) is 0.720. The lowest BCUT2D eigenvalue weighted by Gasteiger charge is -2.33. The van der Waals surface area contributed by atoms with Gasteiger partial charge in [-0.05, 0) is 50.3 Å². The first-order valence-electron chi connectivity index (χ1n) is 6.23. The molecule has 0 aliphatic carbocycles.